The number of morpholine rings is 1. The zero-order valence-electron chi connectivity index (χ0n) is 17.9. The number of carbonyl (C=O) groups is 2. The number of rotatable bonds is 4. The van der Waals surface area contributed by atoms with Crippen LogP contribution < -0.4 is 0 Å². The lowest BCUT2D eigenvalue weighted by molar-refractivity contribution is -0.136. The molecule has 1 saturated carbocycles. The fourth-order valence-electron chi connectivity index (χ4n) is 5.45. The first-order chi connectivity index (χ1) is 15.0. The van der Waals surface area contributed by atoms with Crippen LogP contribution in [0, 0.1) is 11.8 Å². The van der Waals surface area contributed by atoms with Gasteiger partial charge in [-0.3, -0.25) is 14.5 Å². The Hall–Kier alpha value is -1.89. The molecule has 1 amide bonds. The number of benzene rings is 1. The fraction of sp³-hybridized carbons (Fsp3) is 0.583. The molecule has 0 spiro atoms. The van der Waals surface area contributed by atoms with Gasteiger partial charge in [0.2, 0.25) is 0 Å². The molecule has 0 aromatic heterocycles. The van der Waals surface area contributed by atoms with E-state index in [1.807, 2.05) is 29.2 Å². The second-order valence-electron chi connectivity index (χ2n) is 9.20. The van der Waals surface area contributed by atoms with Crippen LogP contribution in [0.2, 0.25) is 5.02 Å². The highest BCUT2D eigenvalue weighted by Crippen LogP contribution is 2.47. The Kier molecular flexibility index (Phi) is 5.80. The van der Waals surface area contributed by atoms with Crippen molar-refractivity contribution in [1.29, 1.82) is 0 Å². The van der Waals surface area contributed by atoms with Crippen LogP contribution in [0.15, 0.2) is 35.6 Å². The van der Waals surface area contributed by atoms with Crippen molar-refractivity contribution in [3.05, 3.63) is 46.2 Å². The minimum absolute atomic E-state index is 0.0880. The van der Waals surface area contributed by atoms with E-state index in [1.165, 1.54) is 0 Å². The van der Waals surface area contributed by atoms with Crippen molar-refractivity contribution >= 4 is 23.3 Å². The minimum Gasteiger partial charge on any atom is -0.483 e. The first-order valence-corrected chi connectivity index (χ1v) is 11.7. The van der Waals surface area contributed by atoms with Crippen molar-refractivity contribution in [2.75, 3.05) is 39.4 Å². The third-order valence-corrected chi connectivity index (χ3v) is 7.37. The van der Waals surface area contributed by atoms with Crippen LogP contribution in [0.3, 0.4) is 0 Å². The molecule has 7 heteroatoms. The van der Waals surface area contributed by atoms with Crippen LogP contribution >= 0.6 is 11.6 Å². The number of halogens is 1. The van der Waals surface area contributed by atoms with Gasteiger partial charge in [0.1, 0.15) is 6.10 Å². The molecule has 1 aliphatic carbocycles. The maximum Gasteiger partial charge on any atom is 0.290 e. The summed E-state index contributed by atoms with van der Waals surface area (Å²) in [7, 11) is 0. The van der Waals surface area contributed by atoms with E-state index in [1.54, 1.807) is 0 Å². The molecule has 2 fully saturated rings. The van der Waals surface area contributed by atoms with Gasteiger partial charge >= 0.3 is 0 Å². The van der Waals surface area contributed by atoms with Crippen LogP contribution in [0.5, 0.6) is 0 Å². The summed E-state index contributed by atoms with van der Waals surface area (Å²) in [5, 5.41) is 0.598. The summed E-state index contributed by atoms with van der Waals surface area (Å²) < 4.78 is 11.7. The van der Waals surface area contributed by atoms with E-state index in [4.69, 9.17) is 21.1 Å². The molecule has 4 aliphatic rings. The molecule has 0 radical (unpaired) electrons. The zero-order chi connectivity index (χ0) is 21.5. The third-order valence-electron chi connectivity index (χ3n) is 7.13. The van der Waals surface area contributed by atoms with Gasteiger partial charge in [0, 0.05) is 31.2 Å². The lowest BCUT2D eigenvalue weighted by Gasteiger charge is -2.37. The molecule has 1 saturated heterocycles. The second kappa shape index (κ2) is 8.57. The summed E-state index contributed by atoms with van der Waals surface area (Å²) in [6, 6.07) is 7.06. The molecule has 0 N–H and O–H groups in total. The summed E-state index contributed by atoms with van der Waals surface area (Å²) in [6.45, 7) is 6.60. The van der Waals surface area contributed by atoms with Crippen molar-refractivity contribution in [1.82, 2.24) is 9.80 Å². The number of carbonyl (C=O) groups excluding carboxylic acids is 2. The molecule has 3 aliphatic heterocycles. The third kappa shape index (κ3) is 3.90. The van der Waals surface area contributed by atoms with Crippen molar-refractivity contribution in [3.8, 4) is 0 Å². The first kappa shape index (κ1) is 21.0. The molecular weight excluding hydrogens is 416 g/mol. The lowest BCUT2D eigenvalue weighted by Crippen LogP contribution is -2.43. The molecular formula is C24H29ClN2O4. The van der Waals surface area contributed by atoms with Crippen molar-refractivity contribution in [2.24, 2.45) is 11.8 Å². The molecule has 6 nitrogen and oxygen atoms in total. The Labute approximate surface area is 188 Å². The van der Waals surface area contributed by atoms with E-state index in [0.717, 1.165) is 44.5 Å². The minimum atomic E-state index is -0.437. The molecule has 1 aromatic carbocycles. The van der Waals surface area contributed by atoms with Gasteiger partial charge in [-0.25, -0.2) is 0 Å². The molecule has 5 rings (SSSR count). The number of hydrogen-bond donors (Lipinski definition) is 0. The first-order valence-electron chi connectivity index (χ1n) is 11.3. The van der Waals surface area contributed by atoms with Gasteiger partial charge < -0.3 is 14.4 Å². The molecule has 4 unspecified atom stereocenters. The molecule has 3 heterocycles. The summed E-state index contributed by atoms with van der Waals surface area (Å²) in [5.41, 5.74) is 1.40. The monoisotopic (exact) mass is 444 g/mol. The second-order valence-corrected chi connectivity index (χ2v) is 9.63. The Bertz CT molecular complexity index is 911. The van der Waals surface area contributed by atoms with Crippen LogP contribution in [-0.2, 0) is 19.1 Å². The van der Waals surface area contributed by atoms with Gasteiger partial charge in [0.15, 0.2) is 11.5 Å². The summed E-state index contributed by atoms with van der Waals surface area (Å²) in [5.74, 6) is 0.530. The quantitative estimate of drug-likeness (QED) is 0.713. The summed E-state index contributed by atoms with van der Waals surface area (Å²) >= 11 is 6.29. The Balaban J connectivity index is 1.48. The van der Waals surface area contributed by atoms with Crippen LogP contribution in [0.1, 0.15) is 37.8 Å². The van der Waals surface area contributed by atoms with Gasteiger partial charge in [0.25, 0.3) is 5.91 Å². The average Bonchev–Trinajstić information content (AvgIpc) is 3.05. The van der Waals surface area contributed by atoms with Gasteiger partial charge in [0.05, 0.1) is 30.7 Å². The van der Waals surface area contributed by atoms with Crippen molar-refractivity contribution in [3.63, 3.8) is 0 Å². The maximum atomic E-state index is 13.7. The highest BCUT2D eigenvalue weighted by molar-refractivity contribution is 6.30. The predicted molar refractivity (Wildman–Crippen MR) is 117 cm³/mol. The Morgan fingerprint density at radius 3 is 2.71 bits per heavy atom. The van der Waals surface area contributed by atoms with Crippen LogP contribution in [-0.4, -0.2) is 67.0 Å². The van der Waals surface area contributed by atoms with E-state index in [2.05, 4.69) is 11.8 Å². The Morgan fingerprint density at radius 2 is 1.94 bits per heavy atom. The van der Waals surface area contributed by atoms with E-state index < -0.39 is 6.04 Å². The van der Waals surface area contributed by atoms with E-state index >= 15 is 0 Å². The average molecular weight is 445 g/mol. The normalized spacial score (nSPS) is 31.5. The number of hydrogen-bond acceptors (Lipinski definition) is 5. The SMILES string of the molecule is CC1CCC2OC3=C(C(=O)C2C1)C(c1cccc(Cl)c1)N(CCN1CCOCC1)C3=O. The zero-order valence-corrected chi connectivity index (χ0v) is 18.6. The van der Waals surface area contributed by atoms with E-state index in [9.17, 15) is 9.59 Å². The highest BCUT2D eigenvalue weighted by Gasteiger charge is 2.52. The standard InChI is InChI=1S/C24H29ClN2O4/c1-15-5-6-19-18(13-15)22(28)20-21(16-3-2-4-17(25)14-16)27(24(29)23(20)31-19)8-7-26-9-11-30-12-10-26/h2-4,14-15,18-19,21H,5-13H2,1H3. The molecule has 166 valence electrons. The lowest BCUT2D eigenvalue weighted by atomic mass is 9.74. The van der Waals surface area contributed by atoms with E-state index in [0.29, 0.717) is 36.3 Å². The predicted octanol–water partition coefficient (Wildman–Crippen LogP) is 3.21. The smallest absolute Gasteiger partial charge is 0.290 e. The molecule has 4 atom stereocenters. The van der Waals surface area contributed by atoms with Gasteiger partial charge in [-0.2, -0.15) is 0 Å². The van der Waals surface area contributed by atoms with Gasteiger partial charge in [-0.1, -0.05) is 30.7 Å². The summed E-state index contributed by atoms with van der Waals surface area (Å²) in [6.07, 6.45) is 2.51. The Morgan fingerprint density at radius 1 is 1.13 bits per heavy atom. The fourth-order valence-corrected chi connectivity index (χ4v) is 5.65. The maximum absolute atomic E-state index is 13.7. The number of ether oxygens (including phenoxy) is 2. The van der Waals surface area contributed by atoms with Gasteiger partial charge in [-0.15, -0.1) is 0 Å². The molecule has 1 aromatic rings. The number of Topliss-reactive ketones (excluding diaryl/α,β-unsaturated/α-hetero) is 1. The molecule has 0 bridgehead atoms. The van der Waals surface area contributed by atoms with E-state index in [-0.39, 0.29) is 29.5 Å². The number of nitrogens with zero attached hydrogens (tertiary/aromatic N) is 2. The topological polar surface area (TPSA) is 59.1 Å². The molecule has 31 heavy (non-hydrogen) atoms. The van der Waals surface area contributed by atoms with Crippen molar-refractivity contribution < 1.29 is 19.1 Å². The summed E-state index contributed by atoms with van der Waals surface area (Å²) in [4.78, 5) is 31.3. The number of fused-ring (bicyclic) bond motifs is 1. The van der Waals surface area contributed by atoms with Gasteiger partial charge in [-0.05, 0) is 42.9 Å². The number of ketones is 1. The largest absolute Gasteiger partial charge is 0.483 e. The number of amides is 1. The van der Waals surface area contributed by atoms with Crippen LogP contribution in [0.25, 0.3) is 0 Å². The highest BCUT2D eigenvalue weighted by atomic mass is 35.5. The van der Waals surface area contributed by atoms with Crippen LogP contribution in [0.4, 0.5) is 0 Å². The van der Waals surface area contributed by atoms with Crippen molar-refractivity contribution in [2.45, 2.75) is 38.3 Å².